The predicted molar refractivity (Wildman–Crippen MR) is 98.6 cm³/mol. The Morgan fingerprint density at radius 3 is 2.37 bits per heavy atom. The summed E-state index contributed by atoms with van der Waals surface area (Å²) < 4.78 is 41.1. The van der Waals surface area contributed by atoms with Crippen LogP contribution in [0.4, 0.5) is 19.0 Å². The zero-order valence-corrected chi connectivity index (χ0v) is 14.1. The zero-order valence-electron chi connectivity index (χ0n) is 14.1. The molecule has 27 heavy (non-hydrogen) atoms. The van der Waals surface area contributed by atoms with Crippen LogP contribution >= 0.6 is 0 Å². The summed E-state index contributed by atoms with van der Waals surface area (Å²) in [4.78, 5) is 8.41. The van der Waals surface area contributed by atoms with E-state index < -0.39 is 17.5 Å². The second kappa shape index (κ2) is 7.07. The summed E-state index contributed by atoms with van der Waals surface area (Å²) in [6, 6.07) is 11.2. The molecule has 0 aliphatic carbocycles. The molecule has 0 fully saturated rings. The van der Waals surface area contributed by atoms with Crippen LogP contribution in [-0.2, 0) is 6.54 Å². The summed E-state index contributed by atoms with van der Waals surface area (Å²) in [6.45, 7) is 0.459. The van der Waals surface area contributed by atoms with Gasteiger partial charge in [-0.1, -0.05) is 12.1 Å². The Bertz CT molecular complexity index is 1090. The number of anilines is 1. The van der Waals surface area contributed by atoms with Gasteiger partial charge in [0.1, 0.15) is 23.3 Å². The molecular weight excluding hydrogens is 351 g/mol. The Morgan fingerprint density at radius 1 is 0.815 bits per heavy atom. The molecule has 2 heterocycles. The number of nitrogens with zero attached hydrogens (tertiary/aromatic N) is 2. The van der Waals surface area contributed by atoms with Crippen molar-refractivity contribution >= 4 is 16.6 Å². The number of pyridine rings is 2. The molecule has 0 radical (unpaired) electrons. The van der Waals surface area contributed by atoms with Gasteiger partial charge in [0, 0.05) is 42.2 Å². The highest BCUT2D eigenvalue weighted by Crippen LogP contribution is 2.33. The highest BCUT2D eigenvalue weighted by molar-refractivity contribution is 6.01. The summed E-state index contributed by atoms with van der Waals surface area (Å²) in [6.07, 6.45) is 4.93. The molecule has 0 atom stereocenters. The second-order valence-corrected chi connectivity index (χ2v) is 6.08. The van der Waals surface area contributed by atoms with Gasteiger partial charge in [0.2, 0.25) is 0 Å². The van der Waals surface area contributed by atoms with Crippen LogP contribution in [0.1, 0.15) is 5.56 Å². The van der Waals surface area contributed by atoms with Gasteiger partial charge < -0.3 is 5.32 Å². The van der Waals surface area contributed by atoms with Gasteiger partial charge in [0.15, 0.2) is 0 Å². The average molecular weight is 365 g/mol. The van der Waals surface area contributed by atoms with E-state index in [9.17, 15) is 13.2 Å². The van der Waals surface area contributed by atoms with Gasteiger partial charge >= 0.3 is 0 Å². The number of fused-ring (bicyclic) bond motifs is 1. The normalized spacial score (nSPS) is 10.9. The highest BCUT2D eigenvalue weighted by Gasteiger charge is 2.12. The third-order valence-electron chi connectivity index (χ3n) is 4.21. The summed E-state index contributed by atoms with van der Waals surface area (Å²) in [5.41, 5.74) is 1.81. The van der Waals surface area contributed by atoms with Crippen molar-refractivity contribution in [2.45, 2.75) is 6.54 Å². The van der Waals surface area contributed by atoms with Crippen molar-refractivity contribution in [3.05, 3.63) is 90.1 Å². The van der Waals surface area contributed by atoms with E-state index in [-0.39, 0.29) is 0 Å². The molecule has 0 saturated carbocycles. The maximum absolute atomic E-state index is 13.9. The van der Waals surface area contributed by atoms with Gasteiger partial charge in [-0.2, -0.15) is 0 Å². The zero-order chi connectivity index (χ0) is 18.8. The van der Waals surface area contributed by atoms with Crippen molar-refractivity contribution in [1.82, 2.24) is 9.97 Å². The molecule has 1 N–H and O–H groups in total. The lowest BCUT2D eigenvalue weighted by Gasteiger charge is -2.13. The molecule has 0 spiro atoms. The number of hydrogen-bond donors (Lipinski definition) is 1. The van der Waals surface area contributed by atoms with Crippen molar-refractivity contribution in [2.24, 2.45) is 0 Å². The first-order valence-corrected chi connectivity index (χ1v) is 8.28. The summed E-state index contributed by atoms with van der Waals surface area (Å²) in [7, 11) is 0. The van der Waals surface area contributed by atoms with Gasteiger partial charge in [-0.3, -0.25) is 4.98 Å². The van der Waals surface area contributed by atoms with E-state index >= 15 is 0 Å². The predicted octanol–water partition coefficient (Wildman–Crippen LogP) is 5.33. The second-order valence-electron chi connectivity index (χ2n) is 6.08. The lowest BCUT2D eigenvalue weighted by molar-refractivity contribution is 0.584. The fourth-order valence-corrected chi connectivity index (χ4v) is 2.98. The number of nitrogens with one attached hydrogen (secondary N) is 1. The average Bonchev–Trinajstić information content (AvgIpc) is 2.66. The molecule has 4 aromatic rings. The number of rotatable bonds is 4. The Morgan fingerprint density at radius 2 is 1.63 bits per heavy atom. The fourth-order valence-electron chi connectivity index (χ4n) is 2.98. The van der Waals surface area contributed by atoms with Crippen LogP contribution < -0.4 is 5.32 Å². The van der Waals surface area contributed by atoms with E-state index in [2.05, 4.69) is 15.3 Å². The van der Waals surface area contributed by atoms with Crippen LogP contribution in [0.2, 0.25) is 0 Å². The van der Waals surface area contributed by atoms with Crippen LogP contribution in [0.25, 0.3) is 21.9 Å². The fraction of sp³-hybridized carbons (Fsp3) is 0.0476. The molecule has 0 aliphatic heterocycles. The third-order valence-corrected chi connectivity index (χ3v) is 4.21. The Hall–Kier alpha value is -3.41. The van der Waals surface area contributed by atoms with Crippen molar-refractivity contribution in [3.8, 4) is 11.1 Å². The number of halogens is 3. The standard InChI is InChI=1S/C21H14F3N3/c22-15-3-4-18-19(9-15)21(26-11-13-2-1-5-25-10-13)27-12-20(18)14-6-16(23)8-17(24)7-14/h1-10,12H,11H2,(H,26,27). The number of aromatic nitrogens is 2. The third kappa shape index (κ3) is 3.60. The molecule has 2 aromatic carbocycles. The van der Waals surface area contributed by atoms with Gasteiger partial charge in [0.25, 0.3) is 0 Å². The van der Waals surface area contributed by atoms with Crippen LogP contribution in [0.3, 0.4) is 0 Å². The Kier molecular flexibility index (Phi) is 4.46. The summed E-state index contributed by atoms with van der Waals surface area (Å²) in [5.74, 6) is -1.30. The van der Waals surface area contributed by atoms with E-state index in [4.69, 9.17) is 0 Å². The minimum atomic E-state index is -0.681. The van der Waals surface area contributed by atoms with Crippen molar-refractivity contribution < 1.29 is 13.2 Å². The molecule has 134 valence electrons. The molecule has 0 aliphatic rings. The SMILES string of the molecule is Fc1cc(F)cc(-c2cnc(NCc3cccnc3)c3cc(F)ccc23)c1. The topological polar surface area (TPSA) is 37.8 Å². The maximum atomic E-state index is 13.9. The summed E-state index contributed by atoms with van der Waals surface area (Å²) >= 11 is 0. The van der Waals surface area contributed by atoms with Crippen LogP contribution in [-0.4, -0.2) is 9.97 Å². The van der Waals surface area contributed by atoms with Crippen molar-refractivity contribution in [3.63, 3.8) is 0 Å². The van der Waals surface area contributed by atoms with E-state index in [0.717, 1.165) is 11.6 Å². The molecular formula is C21H14F3N3. The van der Waals surface area contributed by atoms with Gasteiger partial charge in [0.05, 0.1) is 0 Å². The molecule has 0 amide bonds. The number of benzene rings is 2. The lowest BCUT2D eigenvalue weighted by Crippen LogP contribution is -2.03. The van der Waals surface area contributed by atoms with Gasteiger partial charge in [-0.15, -0.1) is 0 Å². The van der Waals surface area contributed by atoms with Crippen LogP contribution in [0.5, 0.6) is 0 Å². The molecule has 0 bridgehead atoms. The quantitative estimate of drug-likeness (QED) is 0.531. The molecule has 0 saturated heterocycles. The summed E-state index contributed by atoms with van der Waals surface area (Å²) in [5, 5.41) is 4.34. The Balaban J connectivity index is 1.79. The lowest BCUT2D eigenvalue weighted by atomic mass is 10.00. The van der Waals surface area contributed by atoms with E-state index in [0.29, 0.717) is 34.3 Å². The smallest absolute Gasteiger partial charge is 0.134 e. The monoisotopic (exact) mass is 365 g/mol. The van der Waals surface area contributed by atoms with E-state index in [1.807, 2.05) is 12.1 Å². The maximum Gasteiger partial charge on any atom is 0.134 e. The number of hydrogen-bond acceptors (Lipinski definition) is 3. The molecule has 2 aromatic heterocycles. The minimum absolute atomic E-state index is 0.343. The first kappa shape index (κ1) is 17.0. The van der Waals surface area contributed by atoms with E-state index in [1.54, 1.807) is 18.5 Å². The first-order valence-electron chi connectivity index (χ1n) is 8.28. The van der Waals surface area contributed by atoms with Crippen molar-refractivity contribution in [1.29, 1.82) is 0 Å². The molecule has 6 heteroatoms. The van der Waals surface area contributed by atoms with Crippen LogP contribution in [0.15, 0.2) is 67.1 Å². The largest absolute Gasteiger partial charge is 0.365 e. The van der Waals surface area contributed by atoms with Gasteiger partial charge in [-0.05, 0) is 46.8 Å². The first-order chi connectivity index (χ1) is 13.1. The van der Waals surface area contributed by atoms with E-state index in [1.165, 1.54) is 30.5 Å². The molecule has 0 unspecified atom stereocenters. The highest BCUT2D eigenvalue weighted by atomic mass is 19.1. The molecule has 4 rings (SSSR count). The molecule has 3 nitrogen and oxygen atoms in total. The minimum Gasteiger partial charge on any atom is -0.365 e. The van der Waals surface area contributed by atoms with Crippen molar-refractivity contribution in [2.75, 3.05) is 5.32 Å². The van der Waals surface area contributed by atoms with Gasteiger partial charge in [-0.25, -0.2) is 18.2 Å². The van der Waals surface area contributed by atoms with Crippen LogP contribution in [0, 0.1) is 17.5 Å². The Labute approximate surface area is 153 Å².